The fourth-order valence-corrected chi connectivity index (χ4v) is 2.34. The van der Waals surface area contributed by atoms with E-state index in [4.69, 9.17) is 4.74 Å². The molecule has 1 fully saturated rings. The number of phenols is 1. The molecule has 7 heteroatoms. The molecule has 1 unspecified atom stereocenters. The van der Waals surface area contributed by atoms with Crippen LogP contribution in [0.15, 0.2) is 30.5 Å². The van der Waals surface area contributed by atoms with E-state index in [1.54, 1.807) is 36.2 Å². The molecule has 2 N–H and O–H groups in total. The summed E-state index contributed by atoms with van der Waals surface area (Å²) in [6.07, 6.45) is 2.78. The lowest BCUT2D eigenvalue weighted by molar-refractivity contribution is 0.110. The minimum absolute atomic E-state index is 0.161. The maximum absolute atomic E-state index is 14.0. The van der Waals surface area contributed by atoms with E-state index in [0.29, 0.717) is 12.3 Å². The monoisotopic (exact) mass is 304 g/mol. The van der Waals surface area contributed by atoms with E-state index in [1.807, 2.05) is 0 Å². The molecule has 0 saturated carbocycles. The summed E-state index contributed by atoms with van der Waals surface area (Å²) < 4.78 is 19.5. The number of benzene rings is 1. The summed E-state index contributed by atoms with van der Waals surface area (Å²) in [6, 6.07) is 6.47. The molecule has 1 aromatic carbocycles. The molecular formula is C15H17FN4O2. The van der Waals surface area contributed by atoms with Crippen LogP contribution in [0.1, 0.15) is 12.8 Å². The van der Waals surface area contributed by atoms with Crippen molar-refractivity contribution in [3.05, 3.63) is 36.3 Å². The summed E-state index contributed by atoms with van der Waals surface area (Å²) in [7, 11) is 1.76. The van der Waals surface area contributed by atoms with Crippen molar-refractivity contribution >= 4 is 17.5 Å². The predicted molar refractivity (Wildman–Crippen MR) is 80.8 cm³/mol. The number of rotatable bonds is 4. The summed E-state index contributed by atoms with van der Waals surface area (Å²) >= 11 is 0. The van der Waals surface area contributed by atoms with Crippen molar-refractivity contribution in [2.75, 3.05) is 23.9 Å². The average molecular weight is 304 g/mol. The van der Waals surface area contributed by atoms with Crippen molar-refractivity contribution in [2.45, 2.75) is 19.1 Å². The highest BCUT2D eigenvalue weighted by atomic mass is 19.1. The molecule has 2 heterocycles. The maximum Gasteiger partial charge on any atom is 0.229 e. The Morgan fingerprint density at radius 3 is 2.82 bits per heavy atom. The molecule has 0 radical (unpaired) electrons. The smallest absolute Gasteiger partial charge is 0.229 e. The number of nitrogens with one attached hydrogen (secondary N) is 1. The lowest BCUT2D eigenvalue weighted by atomic mass is 10.3. The van der Waals surface area contributed by atoms with E-state index in [1.165, 1.54) is 0 Å². The second kappa shape index (κ2) is 6.15. The Labute approximate surface area is 127 Å². The number of hydrogen-bond donors (Lipinski definition) is 2. The largest absolute Gasteiger partial charge is 0.508 e. The first-order valence-corrected chi connectivity index (χ1v) is 7.06. The molecule has 1 aliphatic heterocycles. The normalized spacial score (nSPS) is 17.5. The second-order valence-corrected chi connectivity index (χ2v) is 5.12. The van der Waals surface area contributed by atoms with Crippen LogP contribution in [-0.4, -0.2) is 35.0 Å². The SMILES string of the molecule is CN(c1nc(Nc2ccc(O)cc2)ncc1F)C1CCCO1. The van der Waals surface area contributed by atoms with Gasteiger partial charge >= 0.3 is 0 Å². The van der Waals surface area contributed by atoms with Gasteiger partial charge in [0.25, 0.3) is 0 Å². The third kappa shape index (κ3) is 3.09. The van der Waals surface area contributed by atoms with Gasteiger partial charge in [0.1, 0.15) is 12.0 Å². The molecule has 1 aromatic heterocycles. The zero-order valence-corrected chi connectivity index (χ0v) is 12.2. The van der Waals surface area contributed by atoms with Crippen molar-refractivity contribution in [2.24, 2.45) is 0 Å². The van der Waals surface area contributed by atoms with Gasteiger partial charge < -0.3 is 20.1 Å². The van der Waals surface area contributed by atoms with Crippen LogP contribution in [0.2, 0.25) is 0 Å². The molecular weight excluding hydrogens is 287 g/mol. The van der Waals surface area contributed by atoms with E-state index in [0.717, 1.165) is 19.0 Å². The number of phenolic OH excluding ortho intramolecular Hbond substituents is 1. The van der Waals surface area contributed by atoms with Crippen LogP contribution in [0, 0.1) is 5.82 Å². The first-order valence-electron chi connectivity index (χ1n) is 7.06. The lowest BCUT2D eigenvalue weighted by Crippen LogP contribution is -2.32. The number of hydrogen-bond acceptors (Lipinski definition) is 6. The number of nitrogens with zero attached hydrogens (tertiary/aromatic N) is 3. The molecule has 116 valence electrons. The van der Waals surface area contributed by atoms with E-state index in [2.05, 4.69) is 15.3 Å². The van der Waals surface area contributed by atoms with Gasteiger partial charge in [-0.25, -0.2) is 9.37 Å². The second-order valence-electron chi connectivity index (χ2n) is 5.12. The van der Waals surface area contributed by atoms with Gasteiger partial charge in [0.2, 0.25) is 5.95 Å². The standard InChI is InChI=1S/C15H17FN4O2/c1-20(13-3-2-8-22-13)14-12(16)9-17-15(19-14)18-10-4-6-11(21)7-5-10/h4-7,9,13,21H,2-3,8H2,1H3,(H,17,18,19). The van der Waals surface area contributed by atoms with Gasteiger partial charge in [-0.15, -0.1) is 0 Å². The van der Waals surface area contributed by atoms with Gasteiger partial charge in [-0.2, -0.15) is 4.98 Å². The highest BCUT2D eigenvalue weighted by molar-refractivity contribution is 5.56. The van der Waals surface area contributed by atoms with E-state index in [-0.39, 0.29) is 23.7 Å². The van der Waals surface area contributed by atoms with Crippen molar-refractivity contribution in [3.63, 3.8) is 0 Å². The highest BCUT2D eigenvalue weighted by Gasteiger charge is 2.24. The first kappa shape index (κ1) is 14.5. The van der Waals surface area contributed by atoms with Crippen LogP contribution >= 0.6 is 0 Å². The van der Waals surface area contributed by atoms with Crippen LogP contribution in [0.5, 0.6) is 5.75 Å². The minimum atomic E-state index is -0.491. The van der Waals surface area contributed by atoms with Gasteiger partial charge in [-0.1, -0.05) is 0 Å². The molecule has 22 heavy (non-hydrogen) atoms. The van der Waals surface area contributed by atoms with E-state index in [9.17, 15) is 9.50 Å². The molecule has 1 saturated heterocycles. The van der Waals surface area contributed by atoms with E-state index >= 15 is 0 Å². The van der Waals surface area contributed by atoms with Crippen molar-refractivity contribution < 1.29 is 14.2 Å². The first-order chi connectivity index (χ1) is 10.6. The molecule has 0 amide bonds. The average Bonchev–Trinajstić information content (AvgIpc) is 3.05. The highest BCUT2D eigenvalue weighted by Crippen LogP contribution is 2.25. The van der Waals surface area contributed by atoms with Crippen molar-refractivity contribution in [1.29, 1.82) is 0 Å². The Hall–Kier alpha value is -2.41. The van der Waals surface area contributed by atoms with Crippen LogP contribution < -0.4 is 10.2 Å². The Morgan fingerprint density at radius 2 is 2.14 bits per heavy atom. The molecule has 2 aromatic rings. The molecule has 3 rings (SSSR count). The third-order valence-electron chi connectivity index (χ3n) is 3.52. The van der Waals surface area contributed by atoms with Gasteiger partial charge in [0.15, 0.2) is 11.6 Å². The Morgan fingerprint density at radius 1 is 1.36 bits per heavy atom. The van der Waals surface area contributed by atoms with Gasteiger partial charge in [-0.3, -0.25) is 0 Å². The fraction of sp³-hybridized carbons (Fsp3) is 0.333. The van der Waals surface area contributed by atoms with E-state index < -0.39 is 5.82 Å². The van der Waals surface area contributed by atoms with Crippen LogP contribution in [0.25, 0.3) is 0 Å². The van der Waals surface area contributed by atoms with Crippen LogP contribution in [-0.2, 0) is 4.74 Å². The zero-order valence-electron chi connectivity index (χ0n) is 12.2. The topological polar surface area (TPSA) is 70.5 Å². The fourth-order valence-electron chi connectivity index (χ4n) is 2.34. The minimum Gasteiger partial charge on any atom is -0.508 e. The molecule has 6 nitrogen and oxygen atoms in total. The summed E-state index contributed by atoms with van der Waals surface area (Å²) in [5, 5.41) is 12.2. The number of ether oxygens (including phenoxy) is 1. The summed E-state index contributed by atoms with van der Waals surface area (Å²) in [4.78, 5) is 9.85. The van der Waals surface area contributed by atoms with Gasteiger partial charge in [0.05, 0.1) is 6.20 Å². The van der Waals surface area contributed by atoms with Crippen LogP contribution in [0.4, 0.5) is 21.8 Å². The maximum atomic E-state index is 14.0. The lowest BCUT2D eigenvalue weighted by Gasteiger charge is -2.25. The molecule has 1 aliphatic rings. The Kier molecular flexibility index (Phi) is 4.06. The summed E-state index contributed by atoms with van der Waals surface area (Å²) in [6.45, 7) is 0.681. The third-order valence-corrected chi connectivity index (χ3v) is 3.52. The zero-order chi connectivity index (χ0) is 15.5. The molecule has 0 bridgehead atoms. The summed E-state index contributed by atoms with van der Waals surface area (Å²) in [5.74, 6) is 0.161. The van der Waals surface area contributed by atoms with Crippen molar-refractivity contribution in [3.8, 4) is 5.75 Å². The van der Waals surface area contributed by atoms with Crippen molar-refractivity contribution in [1.82, 2.24) is 9.97 Å². The molecule has 1 atom stereocenters. The summed E-state index contributed by atoms with van der Waals surface area (Å²) in [5.41, 5.74) is 0.704. The van der Waals surface area contributed by atoms with Gasteiger partial charge in [-0.05, 0) is 37.1 Å². The quantitative estimate of drug-likeness (QED) is 0.846. The number of anilines is 3. The molecule has 0 spiro atoms. The number of aromatic hydroxyl groups is 1. The number of halogens is 1. The predicted octanol–water partition coefficient (Wildman–Crippen LogP) is 2.64. The van der Waals surface area contributed by atoms with Gasteiger partial charge in [0, 0.05) is 19.3 Å². The Bertz CT molecular complexity index is 644. The molecule has 0 aliphatic carbocycles. The van der Waals surface area contributed by atoms with Crippen LogP contribution in [0.3, 0.4) is 0 Å². The number of aromatic nitrogens is 2. The Balaban J connectivity index is 1.81.